The molecule has 6 nitrogen and oxygen atoms in total. The summed E-state index contributed by atoms with van der Waals surface area (Å²) < 4.78 is 30.9. The molecule has 26 heavy (non-hydrogen) atoms. The molecule has 0 aliphatic heterocycles. The van der Waals surface area contributed by atoms with E-state index in [0.717, 1.165) is 16.1 Å². The number of carbonyl (C=O) groups is 1. The van der Waals surface area contributed by atoms with Gasteiger partial charge in [-0.1, -0.05) is 48.5 Å². The van der Waals surface area contributed by atoms with Crippen molar-refractivity contribution in [3.05, 3.63) is 66.2 Å². The normalized spacial score (nSPS) is 12.4. The van der Waals surface area contributed by atoms with Crippen molar-refractivity contribution in [3.63, 3.8) is 0 Å². The number of nitrogens with one attached hydrogen (secondary N) is 1. The summed E-state index contributed by atoms with van der Waals surface area (Å²) in [6.07, 6.45) is 1.09. The molecule has 0 aliphatic rings. The third-order valence-electron chi connectivity index (χ3n) is 3.76. The number of carbonyl (C=O) groups excluding carboxylic acids is 1. The SMILES string of the molecule is CC(C(=O)NCCOCc1ccccc1)N(c1ccccc1)S(C)(=O)=O. The summed E-state index contributed by atoms with van der Waals surface area (Å²) in [6, 6.07) is 17.4. The number of para-hydroxylation sites is 1. The fourth-order valence-corrected chi connectivity index (χ4v) is 3.72. The van der Waals surface area contributed by atoms with Gasteiger partial charge in [-0.05, 0) is 24.6 Å². The van der Waals surface area contributed by atoms with Crippen molar-refractivity contribution in [1.82, 2.24) is 5.32 Å². The van der Waals surface area contributed by atoms with Crippen LogP contribution in [0.1, 0.15) is 12.5 Å². The highest BCUT2D eigenvalue weighted by molar-refractivity contribution is 7.92. The van der Waals surface area contributed by atoms with Gasteiger partial charge in [0.05, 0.1) is 25.2 Å². The smallest absolute Gasteiger partial charge is 0.243 e. The first-order valence-electron chi connectivity index (χ1n) is 8.33. The lowest BCUT2D eigenvalue weighted by Crippen LogP contribution is -2.48. The minimum Gasteiger partial charge on any atom is -0.375 e. The van der Waals surface area contributed by atoms with Crippen LogP contribution in [-0.2, 0) is 26.2 Å². The minimum absolute atomic E-state index is 0.308. The standard InChI is InChI=1S/C19H24N2O4S/c1-16(21(26(2,23)24)18-11-7-4-8-12-18)19(22)20-13-14-25-15-17-9-5-3-6-10-17/h3-12,16H,13-15H2,1-2H3,(H,20,22). The van der Waals surface area contributed by atoms with Gasteiger partial charge in [-0.3, -0.25) is 9.10 Å². The van der Waals surface area contributed by atoms with Gasteiger partial charge in [0.1, 0.15) is 6.04 Å². The fraction of sp³-hybridized carbons (Fsp3) is 0.316. The van der Waals surface area contributed by atoms with E-state index < -0.39 is 16.1 Å². The van der Waals surface area contributed by atoms with Crippen LogP contribution < -0.4 is 9.62 Å². The summed E-state index contributed by atoms with van der Waals surface area (Å²) >= 11 is 0. The summed E-state index contributed by atoms with van der Waals surface area (Å²) in [5, 5.41) is 2.72. The second kappa shape index (κ2) is 9.35. The summed E-state index contributed by atoms with van der Waals surface area (Å²) in [4.78, 5) is 12.4. The molecule has 2 aromatic rings. The lowest BCUT2D eigenvalue weighted by atomic mass is 10.2. The first-order valence-corrected chi connectivity index (χ1v) is 10.2. The lowest BCUT2D eigenvalue weighted by molar-refractivity contribution is -0.122. The van der Waals surface area contributed by atoms with E-state index >= 15 is 0 Å². The molecule has 0 fully saturated rings. The molecule has 1 atom stereocenters. The van der Waals surface area contributed by atoms with Crippen molar-refractivity contribution in [2.75, 3.05) is 23.7 Å². The Morgan fingerprint density at radius 3 is 2.23 bits per heavy atom. The molecule has 140 valence electrons. The van der Waals surface area contributed by atoms with Gasteiger partial charge in [0.15, 0.2) is 0 Å². The van der Waals surface area contributed by atoms with Gasteiger partial charge in [-0.2, -0.15) is 0 Å². The zero-order chi connectivity index (χ0) is 19.0. The largest absolute Gasteiger partial charge is 0.375 e. The molecular weight excluding hydrogens is 352 g/mol. The van der Waals surface area contributed by atoms with Crippen LogP contribution in [0.25, 0.3) is 0 Å². The number of ether oxygens (including phenoxy) is 1. The molecule has 2 rings (SSSR count). The molecule has 0 saturated carbocycles. The average molecular weight is 376 g/mol. The third kappa shape index (κ3) is 5.86. The Hall–Kier alpha value is -2.38. The zero-order valence-corrected chi connectivity index (χ0v) is 15.8. The molecule has 0 radical (unpaired) electrons. The van der Waals surface area contributed by atoms with Crippen molar-refractivity contribution < 1.29 is 17.9 Å². The monoisotopic (exact) mass is 376 g/mol. The van der Waals surface area contributed by atoms with E-state index in [9.17, 15) is 13.2 Å². The number of hydrogen-bond donors (Lipinski definition) is 1. The third-order valence-corrected chi connectivity index (χ3v) is 5.00. The number of sulfonamides is 1. The number of nitrogens with zero attached hydrogens (tertiary/aromatic N) is 1. The molecule has 1 unspecified atom stereocenters. The van der Waals surface area contributed by atoms with Crippen LogP contribution in [0.2, 0.25) is 0 Å². The quantitative estimate of drug-likeness (QED) is 0.681. The van der Waals surface area contributed by atoms with Crippen LogP contribution in [-0.4, -0.2) is 39.8 Å². The second-order valence-electron chi connectivity index (χ2n) is 5.90. The molecule has 7 heteroatoms. The van der Waals surface area contributed by atoms with E-state index in [1.165, 1.54) is 0 Å². The summed E-state index contributed by atoms with van der Waals surface area (Å²) in [5.74, 6) is -0.373. The van der Waals surface area contributed by atoms with Crippen molar-refractivity contribution in [2.24, 2.45) is 0 Å². The van der Waals surface area contributed by atoms with Gasteiger partial charge in [-0.15, -0.1) is 0 Å². The first-order chi connectivity index (χ1) is 12.4. The van der Waals surface area contributed by atoms with Crippen LogP contribution in [0.5, 0.6) is 0 Å². The number of hydrogen-bond acceptors (Lipinski definition) is 4. The Kier molecular flexibility index (Phi) is 7.17. The Balaban J connectivity index is 1.87. The van der Waals surface area contributed by atoms with Gasteiger partial charge < -0.3 is 10.1 Å². The van der Waals surface area contributed by atoms with Gasteiger partial charge >= 0.3 is 0 Å². The lowest BCUT2D eigenvalue weighted by Gasteiger charge is -2.28. The minimum atomic E-state index is -3.59. The van der Waals surface area contributed by atoms with Gasteiger partial charge in [0, 0.05) is 6.54 Å². The molecule has 0 bridgehead atoms. The molecule has 1 N–H and O–H groups in total. The highest BCUT2D eigenvalue weighted by atomic mass is 32.2. The van der Waals surface area contributed by atoms with Gasteiger partial charge in [0.2, 0.25) is 15.9 Å². The highest BCUT2D eigenvalue weighted by Crippen LogP contribution is 2.20. The molecule has 0 spiro atoms. The van der Waals surface area contributed by atoms with Gasteiger partial charge in [-0.25, -0.2) is 8.42 Å². The van der Waals surface area contributed by atoms with Crippen LogP contribution in [0.4, 0.5) is 5.69 Å². The molecule has 0 saturated heterocycles. The summed E-state index contributed by atoms with van der Waals surface area (Å²) in [6.45, 7) is 2.68. The Morgan fingerprint density at radius 1 is 1.08 bits per heavy atom. The second-order valence-corrected chi connectivity index (χ2v) is 7.76. The van der Waals surface area contributed by atoms with E-state index in [1.807, 2.05) is 30.3 Å². The Morgan fingerprint density at radius 2 is 1.65 bits per heavy atom. The maximum Gasteiger partial charge on any atom is 0.243 e. The maximum atomic E-state index is 12.4. The number of amides is 1. The first kappa shape index (κ1) is 19.9. The molecular formula is C19H24N2O4S. The van der Waals surface area contributed by atoms with Crippen molar-refractivity contribution in [1.29, 1.82) is 0 Å². The molecule has 2 aromatic carbocycles. The summed E-state index contributed by atoms with van der Waals surface area (Å²) in [5.41, 5.74) is 1.51. The van der Waals surface area contributed by atoms with Crippen molar-refractivity contribution in [2.45, 2.75) is 19.6 Å². The van der Waals surface area contributed by atoms with Gasteiger partial charge in [0.25, 0.3) is 0 Å². The number of rotatable bonds is 9. The fourth-order valence-electron chi connectivity index (χ4n) is 2.54. The maximum absolute atomic E-state index is 12.4. The van der Waals surface area contributed by atoms with E-state index in [4.69, 9.17) is 4.74 Å². The molecule has 0 heterocycles. The molecule has 0 aliphatic carbocycles. The zero-order valence-electron chi connectivity index (χ0n) is 15.0. The van der Waals surface area contributed by atoms with Crippen LogP contribution in [0.3, 0.4) is 0 Å². The topological polar surface area (TPSA) is 75.7 Å². The van der Waals surface area contributed by atoms with E-state index in [1.54, 1.807) is 37.3 Å². The summed E-state index contributed by atoms with van der Waals surface area (Å²) in [7, 11) is -3.59. The predicted molar refractivity (Wildman–Crippen MR) is 102 cm³/mol. The highest BCUT2D eigenvalue weighted by Gasteiger charge is 2.28. The molecule has 1 amide bonds. The number of benzene rings is 2. The Bertz CT molecular complexity index is 795. The van der Waals surface area contributed by atoms with Crippen molar-refractivity contribution >= 4 is 21.6 Å². The Labute approximate surface area is 154 Å². The number of anilines is 1. The predicted octanol–water partition coefficient (Wildman–Crippen LogP) is 2.17. The van der Waals surface area contributed by atoms with Crippen LogP contribution in [0, 0.1) is 0 Å². The van der Waals surface area contributed by atoms with E-state index in [0.29, 0.717) is 25.4 Å². The van der Waals surface area contributed by atoms with Crippen LogP contribution in [0.15, 0.2) is 60.7 Å². The van der Waals surface area contributed by atoms with Crippen molar-refractivity contribution in [3.8, 4) is 0 Å². The average Bonchev–Trinajstić information content (AvgIpc) is 2.62. The van der Waals surface area contributed by atoms with E-state index in [2.05, 4.69) is 5.32 Å². The molecule has 0 aromatic heterocycles. The van der Waals surface area contributed by atoms with E-state index in [-0.39, 0.29) is 5.91 Å². The van der Waals surface area contributed by atoms with Crippen LogP contribution >= 0.6 is 0 Å².